The number of rotatable bonds is 3. The van der Waals surface area contributed by atoms with E-state index in [2.05, 4.69) is 53.4 Å². The molecule has 0 aromatic rings. The lowest BCUT2D eigenvalue weighted by Gasteiger charge is -2.43. The predicted octanol–water partition coefficient (Wildman–Crippen LogP) is 5.10. The number of carbonyl (C=O) groups is 1. The van der Waals surface area contributed by atoms with Gasteiger partial charge in [0.25, 0.3) is 0 Å². The largest absolute Gasteiger partial charge is 0.465 e. The normalized spacial score (nSPS) is 38.5. The van der Waals surface area contributed by atoms with Crippen molar-refractivity contribution in [1.29, 1.82) is 0 Å². The Balaban J connectivity index is 1.99. The molecule has 0 aromatic heterocycles. The fourth-order valence-electron chi connectivity index (χ4n) is 4.85. The first-order chi connectivity index (χ1) is 11.5. The van der Waals surface area contributed by atoms with Crippen molar-refractivity contribution < 1.29 is 14.0 Å². The summed E-state index contributed by atoms with van der Waals surface area (Å²) in [5.74, 6) is 0.830. The summed E-state index contributed by atoms with van der Waals surface area (Å²) >= 11 is 0. The Labute approximate surface area is 154 Å². The lowest BCUT2D eigenvalue weighted by Crippen LogP contribution is -2.49. The van der Waals surface area contributed by atoms with Gasteiger partial charge in [0.15, 0.2) is 8.32 Å². The molecular formula is C21H34O3Si. The molecule has 3 rings (SSSR count). The second-order valence-electron chi connectivity index (χ2n) is 9.92. The highest BCUT2D eigenvalue weighted by Gasteiger charge is 2.63. The third kappa shape index (κ3) is 2.95. The summed E-state index contributed by atoms with van der Waals surface area (Å²) < 4.78 is 12.5. The molecule has 3 aliphatic rings. The minimum Gasteiger partial charge on any atom is -0.465 e. The second-order valence-corrected chi connectivity index (χ2v) is 14.7. The van der Waals surface area contributed by atoms with Crippen LogP contribution in [0.25, 0.3) is 0 Å². The van der Waals surface area contributed by atoms with Crippen LogP contribution in [-0.4, -0.2) is 27.0 Å². The van der Waals surface area contributed by atoms with Crippen molar-refractivity contribution in [2.75, 3.05) is 6.61 Å². The van der Waals surface area contributed by atoms with Crippen LogP contribution in [0.4, 0.5) is 0 Å². The number of hydrogen-bond acceptors (Lipinski definition) is 3. The van der Waals surface area contributed by atoms with Gasteiger partial charge in [0, 0.05) is 5.92 Å². The Kier molecular flexibility index (Phi) is 4.60. The molecule has 1 saturated carbocycles. The van der Waals surface area contributed by atoms with E-state index in [4.69, 9.17) is 9.16 Å². The number of ether oxygens (including phenoxy) is 1. The van der Waals surface area contributed by atoms with Gasteiger partial charge in [-0.1, -0.05) is 38.5 Å². The molecule has 25 heavy (non-hydrogen) atoms. The fourth-order valence-corrected chi connectivity index (χ4v) is 6.21. The fraction of sp³-hybridized carbons (Fsp3) is 0.762. The first-order valence-electron chi connectivity index (χ1n) is 9.66. The summed E-state index contributed by atoms with van der Waals surface area (Å²) in [6.07, 6.45) is 7.25. The van der Waals surface area contributed by atoms with Crippen LogP contribution in [0, 0.1) is 23.2 Å². The summed E-state index contributed by atoms with van der Waals surface area (Å²) in [6, 6.07) is 0. The number of carbonyl (C=O) groups excluding carboxylic acids is 1. The molecule has 1 aliphatic heterocycles. The maximum Gasteiger partial charge on any atom is 0.313 e. The van der Waals surface area contributed by atoms with Crippen LogP contribution in [0.5, 0.6) is 0 Å². The van der Waals surface area contributed by atoms with Crippen molar-refractivity contribution in [2.45, 2.75) is 71.2 Å². The molecule has 1 unspecified atom stereocenters. The van der Waals surface area contributed by atoms with Gasteiger partial charge < -0.3 is 9.16 Å². The van der Waals surface area contributed by atoms with Crippen LogP contribution >= 0.6 is 0 Å². The van der Waals surface area contributed by atoms with Crippen molar-refractivity contribution in [2.24, 2.45) is 23.2 Å². The van der Waals surface area contributed by atoms with E-state index in [1.165, 1.54) is 5.57 Å². The molecule has 0 amide bonds. The highest BCUT2D eigenvalue weighted by molar-refractivity contribution is 6.74. The quantitative estimate of drug-likeness (QED) is 0.398. The molecule has 0 N–H and O–H groups in total. The van der Waals surface area contributed by atoms with Crippen molar-refractivity contribution in [3.63, 3.8) is 0 Å². The molecule has 140 valence electrons. The summed E-state index contributed by atoms with van der Waals surface area (Å²) in [5, 5.41) is 0.159. The maximum absolute atomic E-state index is 12.9. The first-order valence-corrected chi connectivity index (χ1v) is 12.6. The van der Waals surface area contributed by atoms with E-state index < -0.39 is 13.7 Å². The van der Waals surface area contributed by atoms with Crippen molar-refractivity contribution in [3.8, 4) is 0 Å². The van der Waals surface area contributed by atoms with Crippen LogP contribution in [0.3, 0.4) is 0 Å². The van der Waals surface area contributed by atoms with Crippen molar-refractivity contribution in [1.82, 2.24) is 0 Å². The average molecular weight is 363 g/mol. The Hall–Kier alpha value is -0.873. The molecule has 1 heterocycles. The maximum atomic E-state index is 12.9. The number of allylic oxidation sites excluding steroid dienone is 2. The molecule has 4 heteroatoms. The Bertz CT molecular complexity index is 601. The van der Waals surface area contributed by atoms with Crippen LogP contribution in [0.15, 0.2) is 24.3 Å². The summed E-state index contributed by atoms with van der Waals surface area (Å²) in [5.41, 5.74) is 0.962. The molecule has 5 atom stereocenters. The van der Waals surface area contributed by atoms with E-state index in [0.29, 0.717) is 12.5 Å². The molecule has 2 fully saturated rings. The minimum atomic E-state index is -1.91. The molecule has 3 nitrogen and oxygen atoms in total. The van der Waals surface area contributed by atoms with Crippen LogP contribution < -0.4 is 0 Å². The molecule has 0 bridgehead atoms. The van der Waals surface area contributed by atoms with Gasteiger partial charge in [0.1, 0.15) is 0 Å². The highest BCUT2D eigenvalue weighted by Crippen LogP contribution is 2.59. The summed E-state index contributed by atoms with van der Waals surface area (Å²) in [6.45, 7) is 18.1. The zero-order valence-electron chi connectivity index (χ0n) is 16.7. The molecule has 0 aromatic carbocycles. The van der Waals surface area contributed by atoms with Gasteiger partial charge in [-0.3, -0.25) is 4.79 Å². The van der Waals surface area contributed by atoms with E-state index in [-0.39, 0.29) is 28.9 Å². The molecular weight excluding hydrogens is 328 g/mol. The van der Waals surface area contributed by atoms with E-state index in [1.807, 2.05) is 6.08 Å². The monoisotopic (exact) mass is 362 g/mol. The summed E-state index contributed by atoms with van der Waals surface area (Å²) in [4.78, 5) is 12.9. The van der Waals surface area contributed by atoms with Crippen molar-refractivity contribution >= 4 is 14.3 Å². The number of cyclic esters (lactones) is 1. The van der Waals surface area contributed by atoms with Crippen molar-refractivity contribution in [3.05, 3.63) is 24.3 Å². The lowest BCUT2D eigenvalue weighted by molar-refractivity contribution is -0.148. The smallest absolute Gasteiger partial charge is 0.313 e. The zero-order valence-corrected chi connectivity index (χ0v) is 17.7. The second kappa shape index (κ2) is 6.09. The minimum absolute atomic E-state index is 0.00151. The van der Waals surface area contributed by atoms with E-state index >= 15 is 0 Å². The Morgan fingerprint density at radius 3 is 2.68 bits per heavy atom. The first kappa shape index (κ1) is 18.9. The number of hydrogen-bond donors (Lipinski definition) is 0. The van der Waals surface area contributed by atoms with Gasteiger partial charge in [-0.2, -0.15) is 0 Å². The standard InChI is InChI=1S/C21H34O3Si/c1-8-15-11-16-9-14(2)10-18(24-25(6,7)20(3,4)5)17-13-23-19(22)21(16,17)12-15/h8-9,15-18H,1,10-13H2,2-7H3/t15-,16+,17-,18?,21+/m0/s1. The molecule has 0 radical (unpaired) electrons. The predicted molar refractivity (Wildman–Crippen MR) is 104 cm³/mol. The summed E-state index contributed by atoms with van der Waals surface area (Å²) in [7, 11) is -1.91. The Morgan fingerprint density at radius 2 is 2.08 bits per heavy atom. The lowest BCUT2D eigenvalue weighted by atomic mass is 9.68. The molecule has 1 saturated heterocycles. The van der Waals surface area contributed by atoms with Gasteiger partial charge in [0.2, 0.25) is 0 Å². The molecule has 2 aliphatic carbocycles. The topological polar surface area (TPSA) is 35.5 Å². The van der Waals surface area contributed by atoms with Gasteiger partial charge >= 0.3 is 5.97 Å². The van der Waals surface area contributed by atoms with E-state index in [9.17, 15) is 4.79 Å². The third-order valence-electron chi connectivity index (χ3n) is 7.30. The average Bonchev–Trinajstić information content (AvgIpc) is 2.97. The van der Waals surface area contributed by atoms with Crippen LogP contribution in [0.2, 0.25) is 18.1 Å². The van der Waals surface area contributed by atoms with Crippen LogP contribution in [0.1, 0.15) is 47.0 Å². The van der Waals surface area contributed by atoms with E-state index in [1.54, 1.807) is 0 Å². The number of esters is 1. The van der Waals surface area contributed by atoms with Gasteiger partial charge in [0.05, 0.1) is 18.1 Å². The third-order valence-corrected chi connectivity index (χ3v) is 11.8. The van der Waals surface area contributed by atoms with Crippen LogP contribution in [-0.2, 0) is 14.0 Å². The molecule has 1 spiro atoms. The zero-order chi connectivity index (χ0) is 18.6. The van der Waals surface area contributed by atoms with Gasteiger partial charge in [-0.05, 0) is 56.2 Å². The highest BCUT2D eigenvalue weighted by atomic mass is 28.4. The van der Waals surface area contributed by atoms with Gasteiger partial charge in [-0.15, -0.1) is 6.58 Å². The van der Waals surface area contributed by atoms with E-state index in [0.717, 1.165) is 19.3 Å². The Morgan fingerprint density at radius 1 is 1.40 bits per heavy atom. The SMILES string of the molecule is C=C[C@H]1C[C@H]2C=C(C)CC(O[Si](C)(C)C(C)(C)C)[C@@H]3COC(=O)[C@]23C1. The van der Waals surface area contributed by atoms with Gasteiger partial charge in [-0.25, -0.2) is 0 Å².